The molecule has 1 N–H and O–H groups in total. The third kappa shape index (κ3) is 0.978. The van der Waals surface area contributed by atoms with Crippen molar-refractivity contribution < 1.29 is 0 Å². The van der Waals surface area contributed by atoms with Crippen LogP contribution in [0.15, 0.2) is 5.10 Å². The molecule has 0 saturated carbocycles. The Balaban J connectivity index is 2.45. The molecule has 0 aliphatic carbocycles. The van der Waals surface area contributed by atoms with Crippen LogP contribution in [0.5, 0.6) is 0 Å². The normalized spacial score (nSPS) is 28.3. The van der Waals surface area contributed by atoms with Crippen LogP contribution in [0.2, 0.25) is 0 Å². The molecule has 0 radical (unpaired) electrons. The molecule has 0 aromatic rings. The number of hydrogen-bond donors (Lipinski definition) is 1. The molecule has 0 fully saturated rings. The van der Waals surface area contributed by atoms with E-state index in [1.54, 1.807) is 0 Å². The Hall–Kier alpha value is 0.0400. The van der Waals surface area contributed by atoms with Crippen LogP contribution in [0, 0.1) is 0 Å². The summed E-state index contributed by atoms with van der Waals surface area (Å²) in [4.78, 5) is 0. The molecule has 0 spiro atoms. The number of nitrogens with zero attached hydrogens (tertiary/aromatic N) is 2. The van der Waals surface area contributed by atoms with Crippen molar-refractivity contribution in [3.05, 3.63) is 0 Å². The van der Waals surface area contributed by atoms with Crippen LogP contribution in [0.1, 0.15) is 0 Å². The van der Waals surface area contributed by atoms with Gasteiger partial charge in [-0.1, -0.05) is 0 Å². The smallest absolute Gasteiger partial charge is 0.187 e. The third-order valence-corrected chi connectivity index (χ3v) is 1.73. The first-order chi connectivity index (χ1) is 3.30. The zero-order valence-corrected chi connectivity index (χ0v) is 5.65. The number of hydrogen-bond acceptors (Lipinski definition) is 3. The van der Waals surface area contributed by atoms with E-state index in [0.717, 1.165) is 0 Å². The van der Waals surface area contributed by atoms with Crippen molar-refractivity contribution in [2.45, 2.75) is 5.08 Å². The van der Waals surface area contributed by atoms with Gasteiger partial charge in [-0.2, -0.15) is 5.10 Å². The predicted octanol–water partition coefficient (Wildman–Crippen LogP) is 0.667. The summed E-state index contributed by atoms with van der Waals surface area (Å²) in [5.41, 5.74) is 2.65. The molecule has 0 aromatic heterocycles. The minimum atomic E-state index is -0.0471. The van der Waals surface area contributed by atoms with Gasteiger partial charge in [0.2, 0.25) is 0 Å². The van der Waals surface area contributed by atoms with Gasteiger partial charge in [-0.3, -0.25) is 5.43 Å². The summed E-state index contributed by atoms with van der Waals surface area (Å²) in [7, 11) is 0. The molecule has 5 heteroatoms. The zero-order chi connectivity index (χ0) is 5.28. The van der Waals surface area contributed by atoms with E-state index in [4.69, 9.17) is 11.8 Å². The van der Waals surface area contributed by atoms with E-state index in [9.17, 15) is 0 Å². The molecular weight excluding hydrogens is 181 g/mol. The fourth-order valence-electron chi connectivity index (χ4n) is 0.264. The third-order valence-electron chi connectivity index (χ3n) is 0.566. The van der Waals surface area contributed by atoms with E-state index in [1.807, 2.05) is 0 Å². The first-order valence-corrected chi connectivity index (χ1v) is 2.93. The van der Waals surface area contributed by atoms with Gasteiger partial charge in [-0.15, -0.1) is 0 Å². The highest BCUT2D eigenvalue weighted by atomic mass is 79.9. The molecule has 1 atom stereocenters. The molecule has 1 aliphatic rings. The fourth-order valence-corrected chi connectivity index (χ4v) is 0.575. The van der Waals surface area contributed by atoms with E-state index >= 15 is 0 Å². The van der Waals surface area contributed by atoms with E-state index < -0.39 is 0 Å². The maximum absolute atomic E-state index is 5.44. The SMILES string of the molecule is ClN1C=NNC1Br. The van der Waals surface area contributed by atoms with Gasteiger partial charge in [0, 0.05) is 11.8 Å². The second kappa shape index (κ2) is 1.88. The van der Waals surface area contributed by atoms with Gasteiger partial charge in [0.05, 0.1) is 0 Å². The summed E-state index contributed by atoms with van der Waals surface area (Å²) >= 11 is 8.60. The number of hydrazone groups is 1. The molecule has 0 aromatic carbocycles. The lowest BCUT2D eigenvalue weighted by atomic mass is 11.1. The molecule has 0 saturated heterocycles. The van der Waals surface area contributed by atoms with Crippen molar-refractivity contribution >= 4 is 34.0 Å². The average Bonchev–Trinajstić information content (AvgIpc) is 1.91. The molecule has 0 bridgehead atoms. The van der Waals surface area contributed by atoms with Crippen LogP contribution in [-0.4, -0.2) is 15.8 Å². The number of halogens is 2. The summed E-state index contributed by atoms with van der Waals surface area (Å²) in [5, 5.41) is 3.57. The second-order valence-corrected chi connectivity index (χ2v) is 2.31. The van der Waals surface area contributed by atoms with Gasteiger partial charge in [0.1, 0.15) is 6.34 Å². The number of rotatable bonds is 0. The molecule has 1 rings (SSSR count). The highest BCUT2D eigenvalue weighted by Crippen LogP contribution is 2.07. The lowest BCUT2D eigenvalue weighted by Gasteiger charge is -2.05. The summed E-state index contributed by atoms with van der Waals surface area (Å²) in [6.07, 6.45) is 1.49. The van der Waals surface area contributed by atoms with Crippen molar-refractivity contribution in [1.82, 2.24) is 9.84 Å². The molecule has 1 aliphatic heterocycles. The number of alkyl halides is 1. The maximum Gasteiger partial charge on any atom is 0.187 e. The van der Waals surface area contributed by atoms with E-state index in [2.05, 4.69) is 26.5 Å². The second-order valence-electron chi connectivity index (χ2n) is 1.05. The molecule has 3 nitrogen and oxygen atoms in total. The van der Waals surface area contributed by atoms with Gasteiger partial charge >= 0.3 is 0 Å². The number of nitrogens with one attached hydrogen (secondary N) is 1. The van der Waals surface area contributed by atoms with Gasteiger partial charge in [-0.25, -0.2) is 4.42 Å². The molecule has 40 valence electrons. The van der Waals surface area contributed by atoms with Crippen LogP contribution in [0.3, 0.4) is 0 Å². The van der Waals surface area contributed by atoms with Crippen molar-refractivity contribution in [2.75, 3.05) is 0 Å². The van der Waals surface area contributed by atoms with E-state index in [0.29, 0.717) is 0 Å². The fraction of sp³-hybridized carbons (Fsp3) is 0.500. The van der Waals surface area contributed by atoms with Crippen LogP contribution < -0.4 is 5.43 Å². The minimum Gasteiger partial charge on any atom is -0.275 e. The quantitative estimate of drug-likeness (QED) is 0.340. The Kier molecular flexibility index (Phi) is 1.39. The Morgan fingerprint density at radius 1 is 2.00 bits per heavy atom. The Morgan fingerprint density at radius 2 is 2.71 bits per heavy atom. The van der Waals surface area contributed by atoms with Crippen molar-refractivity contribution in [3.8, 4) is 0 Å². The van der Waals surface area contributed by atoms with Crippen LogP contribution in [-0.2, 0) is 0 Å². The summed E-state index contributed by atoms with van der Waals surface area (Å²) in [5.74, 6) is 0. The lowest BCUT2D eigenvalue weighted by Crippen LogP contribution is -2.22. The molecule has 1 heterocycles. The lowest BCUT2D eigenvalue weighted by molar-refractivity contribution is 0.593. The Bertz CT molecular complexity index is 94.9. The van der Waals surface area contributed by atoms with Crippen molar-refractivity contribution in [1.29, 1.82) is 0 Å². The standard InChI is InChI=1S/C2H3BrClN3/c3-2-6-5-1-7(2)4/h1-2,6H. The maximum atomic E-state index is 5.44. The van der Waals surface area contributed by atoms with Crippen LogP contribution in [0.25, 0.3) is 0 Å². The zero-order valence-electron chi connectivity index (χ0n) is 3.31. The monoisotopic (exact) mass is 183 g/mol. The van der Waals surface area contributed by atoms with Gasteiger partial charge in [0.15, 0.2) is 5.08 Å². The molecule has 7 heavy (non-hydrogen) atoms. The summed E-state index contributed by atoms with van der Waals surface area (Å²) < 4.78 is 1.39. The summed E-state index contributed by atoms with van der Waals surface area (Å²) in [6, 6.07) is 0. The largest absolute Gasteiger partial charge is 0.275 e. The molecular formula is C2H3BrClN3. The first-order valence-electron chi connectivity index (χ1n) is 1.67. The summed E-state index contributed by atoms with van der Waals surface area (Å²) in [6.45, 7) is 0. The van der Waals surface area contributed by atoms with Gasteiger partial charge in [0.25, 0.3) is 0 Å². The minimum absolute atomic E-state index is 0.0471. The highest BCUT2D eigenvalue weighted by molar-refractivity contribution is 9.09. The Morgan fingerprint density at radius 3 is 2.86 bits per heavy atom. The highest BCUT2D eigenvalue weighted by Gasteiger charge is 2.11. The van der Waals surface area contributed by atoms with Crippen LogP contribution in [0.4, 0.5) is 0 Å². The van der Waals surface area contributed by atoms with E-state index in [-0.39, 0.29) is 5.08 Å². The van der Waals surface area contributed by atoms with Crippen LogP contribution >= 0.6 is 27.7 Å². The topological polar surface area (TPSA) is 27.6 Å². The van der Waals surface area contributed by atoms with Gasteiger partial charge < -0.3 is 0 Å². The molecule has 0 amide bonds. The van der Waals surface area contributed by atoms with Crippen molar-refractivity contribution in [3.63, 3.8) is 0 Å². The average molecular weight is 184 g/mol. The first kappa shape index (κ1) is 5.18. The van der Waals surface area contributed by atoms with E-state index in [1.165, 1.54) is 10.8 Å². The van der Waals surface area contributed by atoms with Crippen molar-refractivity contribution in [2.24, 2.45) is 5.10 Å². The van der Waals surface area contributed by atoms with Gasteiger partial charge in [-0.05, 0) is 15.9 Å². The predicted molar refractivity (Wildman–Crippen MR) is 32.0 cm³/mol. The Labute approximate surface area is 54.6 Å². The molecule has 1 unspecified atom stereocenters.